The standard InChI is InChI=1S/C12H23NO3/c1-12(2,3)13-11(15)16-8-9-5-4-6-10(14)7-9/h9-10,14H,4-8H2,1-3H3,(H,13,15). The fourth-order valence-corrected chi connectivity index (χ4v) is 1.95. The highest BCUT2D eigenvalue weighted by molar-refractivity contribution is 5.68. The monoisotopic (exact) mass is 229 g/mol. The topological polar surface area (TPSA) is 58.6 Å². The molecule has 0 aromatic heterocycles. The summed E-state index contributed by atoms with van der Waals surface area (Å²) in [6.07, 6.45) is 3.12. The second-order valence-electron chi connectivity index (χ2n) is 5.66. The first-order valence-corrected chi connectivity index (χ1v) is 6.00. The molecule has 0 saturated heterocycles. The molecule has 0 bridgehead atoms. The van der Waals surface area contributed by atoms with Gasteiger partial charge in [0.05, 0.1) is 12.7 Å². The zero-order valence-electron chi connectivity index (χ0n) is 10.5. The van der Waals surface area contributed by atoms with Crippen LogP contribution in [-0.2, 0) is 4.74 Å². The van der Waals surface area contributed by atoms with Crippen LogP contribution in [0.3, 0.4) is 0 Å². The lowest BCUT2D eigenvalue weighted by Gasteiger charge is -2.26. The van der Waals surface area contributed by atoms with Crippen molar-refractivity contribution in [2.45, 2.75) is 58.1 Å². The maximum absolute atomic E-state index is 11.4. The summed E-state index contributed by atoms with van der Waals surface area (Å²) in [6.45, 7) is 6.16. The lowest BCUT2D eigenvalue weighted by molar-refractivity contribution is 0.0609. The minimum absolute atomic E-state index is 0.215. The van der Waals surface area contributed by atoms with E-state index in [1.54, 1.807) is 0 Å². The summed E-state index contributed by atoms with van der Waals surface area (Å²) in [7, 11) is 0. The van der Waals surface area contributed by atoms with E-state index >= 15 is 0 Å². The number of hydrogen-bond donors (Lipinski definition) is 2. The Bertz CT molecular complexity index is 235. The molecular formula is C12H23NO3. The van der Waals surface area contributed by atoms with E-state index in [1.165, 1.54) is 0 Å². The highest BCUT2D eigenvalue weighted by Crippen LogP contribution is 2.24. The Labute approximate surface area is 97.4 Å². The summed E-state index contributed by atoms with van der Waals surface area (Å²) >= 11 is 0. The Morgan fingerprint density at radius 3 is 2.69 bits per heavy atom. The average molecular weight is 229 g/mol. The number of amides is 1. The van der Waals surface area contributed by atoms with Crippen molar-refractivity contribution in [3.63, 3.8) is 0 Å². The number of ether oxygens (including phenoxy) is 1. The number of alkyl carbamates (subject to hydrolysis) is 1. The van der Waals surface area contributed by atoms with Crippen LogP contribution in [0.5, 0.6) is 0 Å². The number of carbonyl (C=O) groups excluding carboxylic acids is 1. The summed E-state index contributed by atoms with van der Waals surface area (Å²) in [5.41, 5.74) is -0.261. The first-order chi connectivity index (χ1) is 7.37. The van der Waals surface area contributed by atoms with Gasteiger partial charge in [-0.2, -0.15) is 0 Å². The van der Waals surface area contributed by atoms with Crippen molar-refractivity contribution < 1.29 is 14.6 Å². The molecule has 1 amide bonds. The van der Waals surface area contributed by atoms with Crippen molar-refractivity contribution in [2.24, 2.45) is 5.92 Å². The van der Waals surface area contributed by atoms with E-state index in [-0.39, 0.29) is 17.7 Å². The van der Waals surface area contributed by atoms with Gasteiger partial charge in [0, 0.05) is 5.54 Å². The molecule has 2 unspecified atom stereocenters. The Balaban J connectivity index is 2.21. The van der Waals surface area contributed by atoms with E-state index in [0.29, 0.717) is 12.5 Å². The maximum Gasteiger partial charge on any atom is 0.407 e. The van der Waals surface area contributed by atoms with Crippen molar-refractivity contribution in [2.75, 3.05) is 6.61 Å². The molecule has 0 aliphatic heterocycles. The van der Waals surface area contributed by atoms with Gasteiger partial charge in [-0.05, 0) is 46.0 Å². The summed E-state index contributed by atoms with van der Waals surface area (Å²) in [5.74, 6) is 0.314. The van der Waals surface area contributed by atoms with Gasteiger partial charge in [0.25, 0.3) is 0 Å². The summed E-state index contributed by atoms with van der Waals surface area (Å²) in [4.78, 5) is 11.4. The van der Waals surface area contributed by atoms with Gasteiger partial charge in [0.2, 0.25) is 0 Å². The van der Waals surface area contributed by atoms with Crippen LogP contribution in [0.1, 0.15) is 46.5 Å². The molecule has 0 heterocycles. The van der Waals surface area contributed by atoms with Gasteiger partial charge >= 0.3 is 6.09 Å². The summed E-state index contributed by atoms with van der Waals surface area (Å²) in [5, 5.41) is 12.2. The van der Waals surface area contributed by atoms with Gasteiger partial charge in [-0.15, -0.1) is 0 Å². The SMILES string of the molecule is CC(C)(C)NC(=O)OCC1CCCC(O)C1. The zero-order chi connectivity index (χ0) is 12.2. The number of hydrogen-bond acceptors (Lipinski definition) is 3. The van der Waals surface area contributed by atoms with Gasteiger partial charge in [-0.3, -0.25) is 0 Å². The first-order valence-electron chi connectivity index (χ1n) is 6.00. The van der Waals surface area contributed by atoms with E-state index in [4.69, 9.17) is 4.74 Å². The van der Waals surface area contributed by atoms with Crippen molar-refractivity contribution in [3.05, 3.63) is 0 Å². The molecule has 1 saturated carbocycles. The van der Waals surface area contributed by atoms with E-state index in [0.717, 1.165) is 25.7 Å². The minimum Gasteiger partial charge on any atom is -0.449 e. The Kier molecular flexibility index (Phi) is 4.59. The third-order valence-corrected chi connectivity index (χ3v) is 2.68. The molecule has 0 aromatic carbocycles. The number of nitrogens with one attached hydrogen (secondary N) is 1. The molecule has 4 nitrogen and oxygen atoms in total. The second-order valence-corrected chi connectivity index (χ2v) is 5.66. The molecule has 2 atom stereocenters. The van der Waals surface area contributed by atoms with Crippen molar-refractivity contribution >= 4 is 6.09 Å². The van der Waals surface area contributed by atoms with E-state index in [1.807, 2.05) is 20.8 Å². The molecule has 16 heavy (non-hydrogen) atoms. The molecule has 4 heteroatoms. The van der Waals surface area contributed by atoms with Crippen molar-refractivity contribution in [1.82, 2.24) is 5.32 Å². The van der Waals surface area contributed by atoms with Gasteiger partial charge in [0.1, 0.15) is 0 Å². The molecule has 1 aliphatic carbocycles. The highest BCUT2D eigenvalue weighted by Gasteiger charge is 2.22. The molecule has 1 fully saturated rings. The van der Waals surface area contributed by atoms with Crippen LogP contribution in [0.4, 0.5) is 4.79 Å². The number of aliphatic hydroxyl groups excluding tert-OH is 1. The molecule has 2 N–H and O–H groups in total. The Morgan fingerprint density at radius 2 is 2.12 bits per heavy atom. The van der Waals surface area contributed by atoms with Gasteiger partial charge in [0.15, 0.2) is 0 Å². The predicted octanol–water partition coefficient (Wildman–Crippen LogP) is 2.06. The number of rotatable bonds is 2. The van der Waals surface area contributed by atoms with Crippen LogP contribution in [-0.4, -0.2) is 29.4 Å². The van der Waals surface area contributed by atoms with Crippen molar-refractivity contribution in [3.8, 4) is 0 Å². The fraction of sp³-hybridized carbons (Fsp3) is 0.917. The van der Waals surface area contributed by atoms with Crippen LogP contribution in [0.15, 0.2) is 0 Å². The van der Waals surface area contributed by atoms with Crippen LogP contribution in [0.2, 0.25) is 0 Å². The van der Waals surface area contributed by atoms with E-state index < -0.39 is 0 Å². The van der Waals surface area contributed by atoms with Crippen LogP contribution in [0.25, 0.3) is 0 Å². The average Bonchev–Trinajstić information content (AvgIpc) is 2.12. The molecular weight excluding hydrogens is 206 g/mol. The van der Waals surface area contributed by atoms with Crippen LogP contribution < -0.4 is 5.32 Å². The summed E-state index contributed by atoms with van der Waals surface area (Å²) in [6, 6.07) is 0. The van der Waals surface area contributed by atoms with Crippen LogP contribution in [0, 0.1) is 5.92 Å². The lowest BCUT2D eigenvalue weighted by atomic mass is 9.88. The smallest absolute Gasteiger partial charge is 0.407 e. The molecule has 1 aliphatic rings. The molecule has 0 spiro atoms. The summed E-state index contributed by atoms with van der Waals surface area (Å²) < 4.78 is 5.14. The third kappa shape index (κ3) is 5.35. The largest absolute Gasteiger partial charge is 0.449 e. The molecule has 0 radical (unpaired) electrons. The first kappa shape index (κ1) is 13.3. The molecule has 1 rings (SSSR count). The second kappa shape index (κ2) is 5.53. The quantitative estimate of drug-likeness (QED) is 0.762. The minimum atomic E-state index is -0.368. The fourth-order valence-electron chi connectivity index (χ4n) is 1.95. The maximum atomic E-state index is 11.4. The predicted molar refractivity (Wildman–Crippen MR) is 62.2 cm³/mol. The highest BCUT2D eigenvalue weighted by atomic mass is 16.5. The van der Waals surface area contributed by atoms with Gasteiger partial charge < -0.3 is 15.2 Å². The molecule has 94 valence electrons. The van der Waals surface area contributed by atoms with E-state index in [9.17, 15) is 9.90 Å². The number of carbonyl (C=O) groups is 1. The van der Waals surface area contributed by atoms with E-state index in [2.05, 4.69) is 5.32 Å². The Morgan fingerprint density at radius 1 is 1.44 bits per heavy atom. The Hall–Kier alpha value is -0.770. The normalized spacial score (nSPS) is 26.2. The third-order valence-electron chi connectivity index (χ3n) is 2.68. The number of aliphatic hydroxyl groups is 1. The van der Waals surface area contributed by atoms with Crippen LogP contribution >= 0.6 is 0 Å². The van der Waals surface area contributed by atoms with Crippen molar-refractivity contribution in [1.29, 1.82) is 0 Å². The van der Waals surface area contributed by atoms with Gasteiger partial charge in [-0.25, -0.2) is 4.79 Å². The lowest BCUT2D eigenvalue weighted by Crippen LogP contribution is -2.41. The van der Waals surface area contributed by atoms with Gasteiger partial charge in [-0.1, -0.05) is 6.42 Å². The molecule has 0 aromatic rings. The zero-order valence-corrected chi connectivity index (χ0v) is 10.5.